The first kappa shape index (κ1) is 23.0. The van der Waals surface area contributed by atoms with Gasteiger partial charge in [0.2, 0.25) is 10.0 Å². The molecule has 2 aromatic carbocycles. The standard InChI is InChI=1S/C21H25ClFNO5S/c1-20(2)21(3,4)29-19(28-20)14-10-18(16(23)11-15(14)22)30(25,26)24-12-13-8-6-7-9-17(13)27-5/h6-11,19,24H,12H2,1-5H3. The van der Waals surface area contributed by atoms with E-state index in [1.807, 2.05) is 27.7 Å². The molecule has 1 saturated heterocycles. The molecule has 30 heavy (non-hydrogen) atoms. The van der Waals surface area contributed by atoms with Gasteiger partial charge in [-0.3, -0.25) is 0 Å². The molecule has 6 nitrogen and oxygen atoms in total. The summed E-state index contributed by atoms with van der Waals surface area (Å²) in [7, 11) is -2.70. The number of methoxy groups -OCH3 is 1. The summed E-state index contributed by atoms with van der Waals surface area (Å²) in [6.45, 7) is 7.36. The van der Waals surface area contributed by atoms with Gasteiger partial charge in [-0.05, 0) is 45.9 Å². The molecule has 0 saturated carbocycles. The molecule has 1 heterocycles. The van der Waals surface area contributed by atoms with E-state index in [1.54, 1.807) is 24.3 Å². The normalized spacial score (nSPS) is 18.5. The second-order valence-electron chi connectivity index (χ2n) is 8.03. The fourth-order valence-corrected chi connectivity index (χ4v) is 4.34. The molecular weight excluding hydrogens is 433 g/mol. The van der Waals surface area contributed by atoms with Crippen LogP contribution in [-0.4, -0.2) is 26.7 Å². The van der Waals surface area contributed by atoms with Crippen molar-refractivity contribution in [3.63, 3.8) is 0 Å². The molecule has 0 amide bonds. The monoisotopic (exact) mass is 457 g/mol. The number of nitrogens with one attached hydrogen (secondary N) is 1. The molecular formula is C21H25ClFNO5S. The fourth-order valence-electron chi connectivity index (χ4n) is 3.00. The maximum absolute atomic E-state index is 14.6. The van der Waals surface area contributed by atoms with Crippen molar-refractivity contribution in [3.8, 4) is 5.75 Å². The van der Waals surface area contributed by atoms with Crippen molar-refractivity contribution in [1.29, 1.82) is 0 Å². The molecule has 0 aromatic heterocycles. The third-order valence-corrected chi connectivity index (χ3v) is 7.24. The molecule has 1 aliphatic rings. The number of para-hydroxylation sites is 1. The lowest BCUT2D eigenvalue weighted by molar-refractivity contribution is -0.0896. The minimum Gasteiger partial charge on any atom is -0.496 e. The maximum atomic E-state index is 14.6. The van der Waals surface area contributed by atoms with E-state index in [9.17, 15) is 12.8 Å². The van der Waals surface area contributed by atoms with E-state index >= 15 is 0 Å². The van der Waals surface area contributed by atoms with Crippen LogP contribution < -0.4 is 9.46 Å². The Morgan fingerprint density at radius 3 is 2.33 bits per heavy atom. The van der Waals surface area contributed by atoms with Crippen LogP contribution in [0.5, 0.6) is 5.75 Å². The largest absolute Gasteiger partial charge is 0.496 e. The third-order valence-electron chi connectivity index (χ3n) is 5.49. The first-order valence-electron chi connectivity index (χ1n) is 9.34. The highest BCUT2D eigenvalue weighted by Crippen LogP contribution is 2.46. The molecule has 3 rings (SSSR count). The average Bonchev–Trinajstić information content (AvgIpc) is 2.87. The Hall–Kier alpha value is -1.71. The Kier molecular flexibility index (Phi) is 6.19. The molecule has 0 radical (unpaired) electrons. The fraction of sp³-hybridized carbons (Fsp3) is 0.429. The highest BCUT2D eigenvalue weighted by molar-refractivity contribution is 7.89. The second-order valence-corrected chi connectivity index (χ2v) is 10.2. The second kappa shape index (κ2) is 8.09. The van der Waals surface area contributed by atoms with Crippen molar-refractivity contribution in [1.82, 2.24) is 4.72 Å². The third kappa shape index (κ3) is 4.33. The van der Waals surface area contributed by atoms with Crippen molar-refractivity contribution >= 4 is 21.6 Å². The van der Waals surface area contributed by atoms with Gasteiger partial charge in [0, 0.05) is 17.7 Å². The van der Waals surface area contributed by atoms with Crippen LogP contribution in [0.3, 0.4) is 0 Å². The Labute approximate surface area is 181 Å². The van der Waals surface area contributed by atoms with E-state index in [2.05, 4.69) is 4.72 Å². The van der Waals surface area contributed by atoms with Crippen molar-refractivity contribution < 1.29 is 27.0 Å². The summed E-state index contributed by atoms with van der Waals surface area (Å²) < 4.78 is 59.8. The van der Waals surface area contributed by atoms with Gasteiger partial charge in [-0.15, -0.1) is 0 Å². The molecule has 0 spiro atoms. The topological polar surface area (TPSA) is 73.9 Å². The molecule has 0 aliphatic carbocycles. The first-order valence-corrected chi connectivity index (χ1v) is 11.2. The van der Waals surface area contributed by atoms with Gasteiger partial charge in [-0.25, -0.2) is 17.5 Å². The lowest BCUT2D eigenvalue weighted by Gasteiger charge is -2.30. The predicted octanol–water partition coefficient (Wildman–Crippen LogP) is 4.57. The number of hydrogen-bond donors (Lipinski definition) is 1. The molecule has 0 atom stereocenters. The van der Waals surface area contributed by atoms with Crippen molar-refractivity contribution in [2.24, 2.45) is 0 Å². The van der Waals surface area contributed by atoms with Crippen molar-refractivity contribution in [3.05, 3.63) is 58.4 Å². The summed E-state index contributed by atoms with van der Waals surface area (Å²) >= 11 is 6.20. The minimum atomic E-state index is -4.19. The number of rotatable bonds is 6. The van der Waals surface area contributed by atoms with Crippen LogP contribution in [0.15, 0.2) is 41.3 Å². The molecule has 9 heteroatoms. The minimum absolute atomic E-state index is 0.0229. The molecule has 0 bridgehead atoms. The van der Waals surface area contributed by atoms with Gasteiger partial charge in [0.25, 0.3) is 0 Å². The molecule has 1 aliphatic heterocycles. The molecule has 164 valence electrons. The van der Waals surface area contributed by atoms with E-state index in [-0.39, 0.29) is 17.1 Å². The molecule has 0 unspecified atom stereocenters. The van der Waals surface area contributed by atoms with Gasteiger partial charge < -0.3 is 14.2 Å². The zero-order chi connectivity index (χ0) is 22.3. The van der Waals surface area contributed by atoms with Gasteiger partial charge in [-0.1, -0.05) is 29.8 Å². The van der Waals surface area contributed by atoms with Gasteiger partial charge in [-0.2, -0.15) is 0 Å². The Bertz CT molecular complexity index is 1040. The van der Waals surface area contributed by atoms with Crippen LogP contribution in [0, 0.1) is 5.82 Å². The van der Waals surface area contributed by atoms with Crippen molar-refractivity contribution in [2.75, 3.05) is 7.11 Å². The SMILES string of the molecule is COc1ccccc1CNS(=O)(=O)c1cc(C2OC(C)(C)C(C)(C)O2)c(Cl)cc1F. The quantitative estimate of drug-likeness (QED) is 0.687. The zero-order valence-corrected chi connectivity index (χ0v) is 19.0. The van der Waals surface area contributed by atoms with Crippen LogP contribution >= 0.6 is 11.6 Å². The van der Waals surface area contributed by atoms with Gasteiger partial charge in [0.05, 0.1) is 23.3 Å². The number of ether oxygens (including phenoxy) is 3. The van der Waals surface area contributed by atoms with Crippen LogP contribution in [0.4, 0.5) is 4.39 Å². The maximum Gasteiger partial charge on any atom is 0.243 e. The van der Waals surface area contributed by atoms with E-state index < -0.39 is 38.2 Å². The van der Waals surface area contributed by atoms with Gasteiger partial charge in [0.15, 0.2) is 6.29 Å². The smallest absolute Gasteiger partial charge is 0.243 e. The summed E-state index contributed by atoms with van der Waals surface area (Å²) in [6, 6.07) is 9.07. The Morgan fingerprint density at radius 2 is 1.73 bits per heavy atom. The lowest BCUT2D eigenvalue weighted by Crippen LogP contribution is -2.41. The Morgan fingerprint density at radius 1 is 1.13 bits per heavy atom. The summed E-state index contributed by atoms with van der Waals surface area (Å²) in [5.41, 5.74) is -0.453. The number of hydrogen-bond acceptors (Lipinski definition) is 5. The lowest BCUT2D eigenvalue weighted by atomic mass is 9.90. The summed E-state index contributed by atoms with van der Waals surface area (Å²) in [6.07, 6.45) is -0.925. The highest BCUT2D eigenvalue weighted by atomic mass is 35.5. The molecule has 1 fully saturated rings. The van der Waals surface area contributed by atoms with E-state index in [0.29, 0.717) is 11.3 Å². The summed E-state index contributed by atoms with van der Waals surface area (Å²) in [4.78, 5) is -0.536. The van der Waals surface area contributed by atoms with E-state index in [1.165, 1.54) is 7.11 Å². The first-order chi connectivity index (χ1) is 13.9. The van der Waals surface area contributed by atoms with Gasteiger partial charge >= 0.3 is 0 Å². The van der Waals surface area contributed by atoms with Crippen LogP contribution in [0.1, 0.15) is 45.1 Å². The van der Waals surface area contributed by atoms with Gasteiger partial charge in [0.1, 0.15) is 16.5 Å². The van der Waals surface area contributed by atoms with Crippen LogP contribution in [0.25, 0.3) is 0 Å². The molecule has 1 N–H and O–H groups in total. The summed E-state index contributed by atoms with van der Waals surface area (Å²) in [5.74, 6) is -0.442. The highest BCUT2D eigenvalue weighted by Gasteiger charge is 2.50. The van der Waals surface area contributed by atoms with E-state index in [4.69, 9.17) is 25.8 Å². The number of benzene rings is 2. The number of sulfonamides is 1. The van der Waals surface area contributed by atoms with E-state index in [0.717, 1.165) is 12.1 Å². The van der Waals surface area contributed by atoms with Crippen LogP contribution in [0.2, 0.25) is 5.02 Å². The predicted molar refractivity (Wildman–Crippen MR) is 111 cm³/mol. The average molecular weight is 458 g/mol. The summed E-state index contributed by atoms with van der Waals surface area (Å²) in [5, 5.41) is 0.0229. The number of halogens is 2. The molecule has 2 aromatic rings. The van der Waals surface area contributed by atoms with Crippen LogP contribution in [-0.2, 0) is 26.0 Å². The zero-order valence-electron chi connectivity index (χ0n) is 17.5. The Balaban J connectivity index is 1.91. The van der Waals surface area contributed by atoms with Crippen molar-refractivity contribution in [2.45, 2.75) is 56.6 Å².